The van der Waals surface area contributed by atoms with Crippen LogP contribution < -0.4 is 5.32 Å². The highest BCUT2D eigenvalue weighted by Crippen LogP contribution is 2.29. The molecule has 0 fully saturated rings. The summed E-state index contributed by atoms with van der Waals surface area (Å²) in [4.78, 5) is 13.3. The Morgan fingerprint density at radius 2 is 2.09 bits per heavy atom. The van der Waals surface area contributed by atoms with Crippen molar-refractivity contribution in [3.8, 4) is 10.6 Å². The van der Waals surface area contributed by atoms with E-state index in [0.717, 1.165) is 10.4 Å². The van der Waals surface area contributed by atoms with Crippen LogP contribution in [0.2, 0.25) is 0 Å². The molecule has 2 heterocycles. The lowest BCUT2D eigenvalue weighted by Gasteiger charge is -2.05. The second kappa shape index (κ2) is 6.75. The molecule has 0 atom stereocenters. The number of carbonyl (C=O) groups excluding carboxylic acids is 1. The van der Waals surface area contributed by atoms with Crippen LogP contribution in [0.15, 0.2) is 46.3 Å². The van der Waals surface area contributed by atoms with Gasteiger partial charge >= 0.3 is 0 Å². The first-order valence-electron chi connectivity index (χ1n) is 7.18. The Hall–Kier alpha value is -2.47. The number of aromatic nitrogens is 1. The van der Waals surface area contributed by atoms with Crippen molar-refractivity contribution in [3.05, 3.63) is 64.4 Å². The second-order valence-electron chi connectivity index (χ2n) is 5.08. The summed E-state index contributed by atoms with van der Waals surface area (Å²) in [6, 6.07) is 10.0. The SMILES string of the molecule is Cc1noc(-c2cccs2)c1C(=O)NCCc1ccc(F)cc1. The molecule has 3 rings (SSSR count). The normalized spacial score (nSPS) is 10.7. The summed E-state index contributed by atoms with van der Waals surface area (Å²) in [5, 5.41) is 8.68. The largest absolute Gasteiger partial charge is 0.354 e. The molecule has 0 saturated carbocycles. The molecule has 0 spiro atoms. The van der Waals surface area contributed by atoms with Gasteiger partial charge in [-0.1, -0.05) is 23.4 Å². The van der Waals surface area contributed by atoms with Crippen LogP contribution in [0.25, 0.3) is 10.6 Å². The first-order chi connectivity index (χ1) is 11.1. The van der Waals surface area contributed by atoms with Crippen molar-refractivity contribution < 1.29 is 13.7 Å². The second-order valence-corrected chi connectivity index (χ2v) is 6.03. The molecule has 0 radical (unpaired) electrons. The molecule has 0 aliphatic rings. The smallest absolute Gasteiger partial charge is 0.257 e. The highest BCUT2D eigenvalue weighted by molar-refractivity contribution is 7.13. The lowest BCUT2D eigenvalue weighted by Crippen LogP contribution is -2.26. The van der Waals surface area contributed by atoms with E-state index in [2.05, 4.69) is 10.5 Å². The quantitative estimate of drug-likeness (QED) is 0.774. The van der Waals surface area contributed by atoms with Crippen molar-refractivity contribution in [2.75, 3.05) is 6.54 Å². The van der Waals surface area contributed by atoms with Gasteiger partial charge < -0.3 is 9.84 Å². The Bertz CT molecular complexity index is 795. The number of thiophene rings is 1. The molecule has 0 bridgehead atoms. The van der Waals surface area contributed by atoms with Gasteiger partial charge in [0.15, 0.2) is 5.76 Å². The summed E-state index contributed by atoms with van der Waals surface area (Å²) in [7, 11) is 0. The highest BCUT2D eigenvalue weighted by Gasteiger charge is 2.21. The van der Waals surface area contributed by atoms with Crippen LogP contribution in [0, 0.1) is 12.7 Å². The van der Waals surface area contributed by atoms with Gasteiger partial charge in [0.05, 0.1) is 10.6 Å². The predicted octanol–water partition coefficient (Wildman–Crippen LogP) is 3.82. The molecular formula is C17H15FN2O2S. The van der Waals surface area contributed by atoms with E-state index in [0.29, 0.717) is 30.0 Å². The first kappa shape index (κ1) is 15.4. The standard InChI is InChI=1S/C17H15FN2O2S/c1-11-15(16(22-20-11)14-3-2-10-23-14)17(21)19-9-8-12-4-6-13(18)7-5-12/h2-7,10H,8-9H2,1H3,(H,19,21). The molecule has 0 aliphatic carbocycles. The van der Waals surface area contributed by atoms with Crippen molar-refractivity contribution in [2.24, 2.45) is 0 Å². The van der Waals surface area contributed by atoms with Gasteiger partial charge in [0.1, 0.15) is 11.4 Å². The number of halogens is 1. The Balaban J connectivity index is 1.67. The van der Waals surface area contributed by atoms with Gasteiger partial charge in [0.2, 0.25) is 0 Å². The van der Waals surface area contributed by atoms with E-state index < -0.39 is 0 Å². The van der Waals surface area contributed by atoms with Crippen molar-refractivity contribution in [2.45, 2.75) is 13.3 Å². The van der Waals surface area contributed by atoms with Gasteiger partial charge in [-0.25, -0.2) is 4.39 Å². The summed E-state index contributed by atoms with van der Waals surface area (Å²) in [5.74, 6) is 0.0181. The number of hydrogen-bond acceptors (Lipinski definition) is 4. The molecule has 0 saturated heterocycles. The fraction of sp³-hybridized carbons (Fsp3) is 0.176. The molecular weight excluding hydrogens is 315 g/mol. The Morgan fingerprint density at radius 1 is 1.30 bits per heavy atom. The molecule has 0 unspecified atom stereocenters. The number of amides is 1. The van der Waals surface area contributed by atoms with Gasteiger partial charge in [0, 0.05) is 6.54 Å². The van der Waals surface area contributed by atoms with E-state index in [1.807, 2.05) is 17.5 Å². The summed E-state index contributed by atoms with van der Waals surface area (Å²) in [6.45, 7) is 2.20. The number of carbonyl (C=O) groups is 1. The van der Waals surface area contributed by atoms with Gasteiger partial charge in [0.25, 0.3) is 5.91 Å². The fourth-order valence-electron chi connectivity index (χ4n) is 2.27. The molecule has 1 aromatic carbocycles. The summed E-state index contributed by atoms with van der Waals surface area (Å²) in [5.41, 5.74) is 1.99. The zero-order chi connectivity index (χ0) is 16.2. The van der Waals surface area contributed by atoms with Crippen LogP contribution in [-0.2, 0) is 6.42 Å². The minimum atomic E-state index is -0.265. The third kappa shape index (κ3) is 3.48. The van der Waals surface area contributed by atoms with Crippen LogP contribution in [0.5, 0.6) is 0 Å². The van der Waals surface area contributed by atoms with Crippen molar-refractivity contribution >= 4 is 17.2 Å². The lowest BCUT2D eigenvalue weighted by molar-refractivity contribution is 0.0954. The fourth-order valence-corrected chi connectivity index (χ4v) is 2.98. The maximum absolute atomic E-state index is 12.9. The van der Waals surface area contributed by atoms with Crippen molar-refractivity contribution in [1.29, 1.82) is 0 Å². The van der Waals surface area contributed by atoms with E-state index in [1.165, 1.54) is 23.5 Å². The zero-order valence-corrected chi connectivity index (χ0v) is 13.3. The average Bonchev–Trinajstić information content (AvgIpc) is 3.18. The van der Waals surface area contributed by atoms with E-state index in [1.54, 1.807) is 19.1 Å². The molecule has 1 amide bonds. The van der Waals surface area contributed by atoms with E-state index in [-0.39, 0.29) is 11.7 Å². The predicted molar refractivity (Wildman–Crippen MR) is 87.0 cm³/mol. The van der Waals surface area contributed by atoms with Crippen molar-refractivity contribution in [1.82, 2.24) is 10.5 Å². The number of nitrogens with zero attached hydrogens (tertiary/aromatic N) is 1. The minimum Gasteiger partial charge on any atom is -0.354 e. The number of nitrogens with one attached hydrogen (secondary N) is 1. The zero-order valence-electron chi connectivity index (χ0n) is 12.5. The molecule has 4 nitrogen and oxygen atoms in total. The number of hydrogen-bond donors (Lipinski definition) is 1. The first-order valence-corrected chi connectivity index (χ1v) is 8.06. The van der Waals surface area contributed by atoms with Crippen molar-refractivity contribution in [3.63, 3.8) is 0 Å². The van der Waals surface area contributed by atoms with E-state index >= 15 is 0 Å². The van der Waals surface area contributed by atoms with Gasteiger partial charge in [-0.3, -0.25) is 4.79 Å². The maximum atomic E-state index is 12.9. The Labute approximate surface area is 136 Å². The lowest BCUT2D eigenvalue weighted by atomic mass is 10.1. The molecule has 0 aliphatic heterocycles. The van der Waals surface area contributed by atoms with Gasteiger partial charge in [-0.2, -0.15) is 0 Å². The van der Waals surface area contributed by atoms with E-state index in [9.17, 15) is 9.18 Å². The van der Waals surface area contributed by atoms with Crippen LogP contribution in [-0.4, -0.2) is 17.6 Å². The monoisotopic (exact) mass is 330 g/mol. The Kier molecular flexibility index (Phi) is 4.52. The molecule has 2 aromatic heterocycles. The Morgan fingerprint density at radius 3 is 2.78 bits per heavy atom. The van der Waals surface area contributed by atoms with E-state index in [4.69, 9.17) is 4.52 Å². The van der Waals surface area contributed by atoms with Gasteiger partial charge in [-0.15, -0.1) is 11.3 Å². The average molecular weight is 330 g/mol. The summed E-state index contributed by atoms with van der Waals surface area (Å²) >= 11 is 1.49. The number of rotatable bonds is 5. The molecule has 118 valence electrons. The maximum Gasteiger partial charge on any atom is 0.257 e. The van der Waals surface area contributed by atoms with Crippen LogP contribution in [0.1, 0.15) is 21.6 Å². The topological polar surface area (TPSA) is 55.1 Å². The molecule has 3 aromatic rings. The minimum absolute atomic E-state index is 0.214. The number of benzene rings is 1. The molecule has 23 heavy (non-hydrogen) atoms. The summed E-state index contributed by atoms with van der Waals surface area (Å²) in [6.07, 6.45) is 0.630. The van der Waals surface area contributed by atoms with Crippen LogP contribution in [0.4, 0.5) is 4.39 Å². The third-order valence-electron chi connectivity index (χ3n) is 3.45. The summed E-state index contributed by atoms with van der Waals surface area (Å²) < 4.78 is 18.2. The van der Waals surface area contributed by atoms with Gasteiger partial charge in [-0.05, 0) is 42.5 Å². The third-order valence-corrected chi connectivity index (χ3v) is 4.32. The molecule has 1 N–H and O–H groups in total. The highest BCUT2D eigenvalue weighted by atomic mass is 32.1. The van der Waals surface area contributed by atoms with Crippen LogP contribution >= 0.6 is 11.3 Å². The molecule has 6 heteroatoms. The van der Waals surface area contributed by atoms with Crippen LogP contribution in [0.3, 0.4) is 0 Å². The number of aryl methyl sites for hydroxylation is 1.